The fourth-order valence-corrected chi connectivity index (χ4v) is 2.28. The Kier molecular flexibility index (Phi) is 3.74. The summed E-state index contributed by atoms with van der Waals surface area (Å²) in [5.41, 5.74) is 0.817. The fraction of sp³-hybridized carbons (Fsp3) is 0.500. The molecule has 0 unspecified atom stereocenters. The van der Waals surface area contributed by atoms with Gasteiger partial charge in [0.2, 0.25) is 0 Å². The van der Waals surface area contributed by atoms with Crippen molar-refractivity contribution in [1.29, 1.82) is 0 Å². The van der Waals surface area contributed by atoms with Crippen molar-refractivity contribution in [2.24, 2.45) is 0 Å². The Morgan fingerprint density at radius 3 is 2.94 bits per heavy atom. The highest BCUT2D eigenvalue weighted by atomic mass is 35.5. The first-order valence-corrected chi connectivity index (χ1v) is 6.01. The minimum Gasteiger partial charge on any atom is -0.495 e. The lowest BCUT2D eigenvalue weighted by atomic mass is 10.1. The third-order valence-electron chi connectivity index (χ3n) is 3.03. The van der Waals surface area contributed by atoms with Gasteiger partial charge in [0, 0.05) is 37.4 Å². The molecule has 0 radical (unpaired) electrons. The average molecular weight is 259 g/mol. The zero-order valence-electron chi connectivity index (χ0n) is 9.96. The second-order valence-corrected chi connectivity index (χ2v) is 4.57. The number of methoxy groups -OCH3 is 1. The zero-order valence-corrected chi connectivity index (χ0v) is 10.7. The first-order chi connectivity index (χ1) is 8.13. The highest BCUT2D eigenvalue weighted by molar-refractivity contribution is 6.32. The number of halogens is 2. The van der Waals surface area contributed by atoms with Gasteiger partial charge in [-0.25, -0.2) is 4.39 Å². The molecule has 1 aromatic rings. The van der Waals surface area contributed by atoms with Gasteiger partial charge in [-0.1, -0.05) is 11.6 Å². The fourth-order valence-electron chi connectivity index (χ4n) is 2.09. The summed E-state index contributed by atoms with van der Waals surface area (Å²) in [4.78, 5) is 2.15. The lowest BCUT2D eigenvalue weighted by molar-refractivity contribution is 0.411. The lowest BCUT2D eigenvalue weighted by Gasteiger charge is -2.36. The van der Waals surface area contributed by atoms with Crippen molar-refractivity contribution < 1.29 is 9.13 Å². The smallest absolute Gasteiger partial charge is 0.147 e. The SMILES string of the molecule is COc1cc(N2CCNC[C@@H]2C)cc(F)c1Cl. The molecule has 1 heterocycles. The van der Waals surface area contributed by atoms with Crippen LogP contribution in [0.25, 0.3) is 0 Å². The highest BCUT2D eigenvalue weighted by Crippen LogP contribution is 2.33. The minimum atomic E-state index is -0.438. The molecule has 1 aliphatic heterocycles. The van der Waals surface area contributed by atoms with E-state index in [1.807, 2.05) is 0 Å². The van der Waals surface area contributed by atoms with Crippen LogP contribution in [0.2, 0.25) is 5.02 Å². The van der Waals surface area contributed by atoms with Crippen molar-refractivity contribution in [1.82, 2.24) is 5.32 Å². The average Bonchev–Trinajstić information content (AvgIpc) is 2.33. The maximum Gasteiger partial charge on any atom is 0.147 e. The third kappa shape index (κ3) is 2.48. The van der Waals surface area contributed by atoms with Crippen molar-refractivity contribution in [3.05, 3.63) is 23.0 Å². The largest absolute Gasteiger partial charge is 0.495 e. The minimum absolute atomic E-state index is 0.0408. The number of piperazine rings is 1. The summed E-state index contributed by atoms with van der Waals surface area (Å²) in [5.74, 6) is -0.0563. The van der Waals surface area contributed by atoms with Crippen LogP contribution in [0, 0.1) is 5.82 Å². The van der Waals surface area contributed by atoms with Crippen molar-refractivity contribution in [2.75, 3.05) is 31.6 Å². The van der Waals surface area contributed by atoms with Crippen LogP contribution in [0.1, 0.15) is 6.92 Å². The summed E-state index contributed by atoms with van der Waals surface area (Å²) in [6, 6.07) is 3.58. The van der Waals surface area contributed by atoms with E-state index in [0.29, 0.717) is 11.8 Å². The van der Waals surface area contributed by atoms with Gasteiger partial charge >= 0.3 is 0 Å². The Labute approximate surface area is 106 Å². The summed E-state index contributed by atoms with van der Waals surface area (Å²) >= 11 is 5.81. The van der Waals surface area contributed by atoms with Crippen LogP contribution in [0.5, 0.6) is 5.75 Å². The Bertz CT molecular complexity index is 414. The summed E-state index contributed by atoms with van der Waals surface area (Å²) in [5, 5.41) is 3.34. The predicted molar refractivity (Wildman–Crippen MR) is 67.6 cm³/mol. The van der Waals surface area contributed by atoms with E-state index in [1.165, 1.54) is 13.2 Å². The molecule has 1 fully saturated rings. The van der Waals surface area contributed by atoms with Crippen molar-refractivity contribution in [3.63, 3.8) is 0 Å². The number of anilines is 1. The molecule has 1 N–H and O–H groups in total. The molecule has 1 saturated heterocycles. The van der Waals surface area contributed by atoms with Crippen LogP contribution in [-0.4, -0.2) is 32.8 Å². The van der Waals surface area contributed by atoms with Crippen molar-refractivity contribution in [3.8, 4) is 5.75 Å². The number of hydrogen-bond acceptors (Lipinski definition) is 3. The zero-order chi connectivity index (χ0) is 12.4. The molecular formula is C12H16ClFN2O. The van der Waals surface area contributed by atoms with E-state index in [0.717, 1.165) is 25.3 Å². The van der Waals surface area contributed by atoms with E-state index >= 15 is 0 Å². The van der Waals surface area contributed by atoms with Gasteiger partial charge in [-0.15, -0.1) is 0 Å². The number of rotatable bonds is 2. The van der Waals surface area contributed by atoms with Crippen molar-refractivity contribution in [2.45, 2.75) is 13.0 Å². The number of hydrogen-bond donors (Lipinski definition) is 1. The highest BCUT2D eigenvalue weighted by Gasteiger charge is 2.20. The summed E-state index contributed by atoms with van der Waals surface area (Å²) in [6.07, 6.45) is 0. The van der Waals surface area contributed by atoms with Crippen LogP contribution in [0.3, 0.4) is 0 Å². The molecule has 1 aliphatic rings. The molecule has 0 aromatic heterocycles. The Hall–Kier alpha value is -1.00. The molecular weight excluding hydrogens is 243 g/mol. The lowest BCUT2D eigenvalue weighted by Crippen LogP contribution is -2.49. The molecule has 3 nitrogen and oxygen atoms in total. The molecule has 0 spiro atoms. The van der Waals surface area contributed by atoms with E-state index in [4.69, 9.17) is 16.3 Å². The standard InChI is InChI=1S/C12H16ClFN2O/c1-8-7-15-3-4-16(8)9-5-10(14)12(13)11(6-9)17-2/h5-6,8,15H,3-4,7H2,1-2H3/t8-/m0/s1. The molecule has 1 aromatic carbocycles. The van der Waals surface area contributed by atoms with E-state index in [2.05, 4.69) is 17.1 Å². The predicted octanol–water partition coefficient (Wildman–Crippen LogP) is 2.29. The molecule has 94 valence electrons. The van der Waals surface area contributed by atoms with E-state index in [-0.39, 0.29) is 5.02 Å². The maximum absolute atomic E-state index is 13.7. The van der Waals surface area contributed by atoms with E-state index < -0.39 is 5.82 Å². The Morgan fingerprint density at radius 1 is 1.53 bits per heavy atom. The van der Waals surface area contributed by atoms with Crippen LogP contribution in [0.4, 0.5) is 10.1 Å². The molecule has 0 amide bonds. The quantitative estimate of drug-likeness (QED) is 0.881. The van der Waals surface area contributed by atoms with Gasteiger partial charge in [0.05, 0.1) is 7.11 Å². The monoisotopic (exact) mass is 258 g/mol. The third-order valence-corrected chi connectivity index (χ3v) is 3.40. The summed E-state index contributed by atoms with van der Waals surface area (Å²) < 4.78 is 18.7. The van der Waals surface area contributed by atoms with Gasteiger partial charge in [-0.2, -0.15) is 0 Å². The maximum atomic E-state index is 13.7. The molecule has 5 heteroatoms. The van der Waals surface area contributed by atoms with Crippen LogP contribution in [-0.2, 0) is 0 Å². The van der Waals surface area contributed by atoms with Gasteiger partial charge in [0.25, 0.3) is 0 Å². The normalized spacial score (nSPS) is 20.5. The first-order valence-electron chi connectivity index (χ1n) is 5.64. The topological polar surface area (TPSA) is 24.5 Å². The van der Waals surface area contributed by atoms with Gasteiger partial charge in [0.15, 0.2) is 0 Å². The van der Waals surface area contributed by atoms with Gasteiger partial charge < -0.3 is 15.0 Å². The van der Waals surface area contributed by atoms with Gasteiger partial charge in [-0.3, -0.25) is 0 Å². The molecule has 0 aliphatic carbocycles. The second-order valence-electron chi connectivity index (χ2n) is 4.19. The molecule has 0 saturated carbocycles. The Morgan fingerprint density at radius 2 is 2.29 bits per heavy atom. The number of nitrogens with one attached hydrogen (secondary N) is 1. The van der Waals surface area contributed by atoms with Gasteiger partial charge in [0.1, 0.15) is 16.6 Å². The first kappa shape index (κ1) is 12.5. The summed E-state index contributed by atoms with van der Waals surface area (Å²) in [7, 11) is 1.49. The second kappa shape index (κ2) is 5.10. The Balaban J connectivity index is 2.34. The van der Waals surface area contributed by atoms with Crippen LogP contribution in [0.15, 0.2) is 12.1 Å². The number of nitrogens with zero attached hydrogens (tertiary/aromatic N) is 1. The van der Waals surface area contributed by atoms with Crippen molar-refractivity contribution >= 4 is 17.3 Å². The van der Waals surface area contributed by atoms with E-state index in [1.54, 1.807) is 6.07 Å². The number of ether oxygens (including phenoxy) is 1. The van der Waals surface area contributed by atoms with E-state index in [9.17, 15) is 4.39 Å². The molecule has 2 rings (SSSR count). The summed E-state index contributed by atoms with van der Waals surface area (Å²) in [6.45, 7) is 4.75. The molecule has 17 heavy (non-hydrogen) atoms. The van der Waals surface area contributed by atoms with Crippen LogP contribution < -0.4 is 15.0 Å². The molecule has 0 bridgehead atoms. The van der Waals surface area contributed by atoms with Crippen LogP contribution >= 0.6 is 11.6 Å². The number of benzene rings is 1. The molecule has 1 atom stereocenters. The van der Waals surface area contributed by atoms with Gasteiger partial charge in [-0.05, 0) is 13.0 Å².